The summed E-state index contributed by atoms with van der Waals surface area (Å²) in [4.78, 5) is 15.2. The minimum atomic E-state index is -0.0522. The molecule has 1 aliphatic rings. The van der Waals surface area contributed by atoms with Crippen LogP contribution in [-0.2, 0) is 5.41 Å². The molecular formula is C19H30N2O2. The normalized spacial score (nSPS) is 17.8. The fourth-order valence-electron chi connectivity index (χ4n) is 3.10. The van der Waals surface area contributed by atoms with Crippen LogP contribution in [0.4, 0.5) is 0 Å². The first-order chi connectivity index (χ1) is 10.8. The third-order valence-corrected chi connectivity index (χ3v) is 4.48. The molecule has 4 nitrogen and oxygen atoms in total. The van der Waals surface area contributed by atoms with Gasteiger partial charge in [0.05, 0.1) is 7.11 Å². The van der Waals surface area contributed by atoms with Crippen molar-refractivity contribution >= 4 is 5.78 Å². The molecule has 1 N–H and O–H groups in total. The van der Waals surface area contributed by atoms with E-state index in [0.717, 1.165) is 49.6 Å². The van der Waals surface area contributed by atoms with Crippen LogP contribution in [0.5, 0.6) is 5.75 Å². The van der Waals surface area contributed by atoms with Crippen LogP contribution in [0.3, 0.4) is 0 Å². The molecule has 0 spiro atoms. The van der Waals surface area contributed by atoms with E-state index >= 15 is 0 Å². The van der Waals surface area contributed by atoms with Crippen molar-refractivity contribution in [2.24, 2.45) is 5.92 Å². The fourth-order valence-corrected chi connectivity index (χ4v) is 3.10. The Hall–Kier alpha value is -1.39. The van der Waals surface area contributed by atoms with E-state index in [2.05, 4.69) is 31.0 Å². The highest BCUT2D eigenvalue weighted by Crippen LogP contribution is 2.32. The predicted octanol–water partition coefficient (Wildman–Crippen LogP) is 2.72. The summed E-state index contributed by atoms with van der Waals surface area (Å²) in [6, 6.07) is 5.82. The van der Waals surface area contributed by atoms with Crippen molar-refractivity contribution in [2.45, 2.75) is 33.1 Å². The molecule has 2 rings (SSSR count). The van der Waals surface area contributed by atoms with Crippen LogP contribution >= 0.6 is 0 Å². The smallest absolute Gasteiger partial charge is 0.166 e. The third kappa shape index (κ3) is 4.55. The molecule has 1 atom stereocenters. The summed E-state index contributed by atoms with van der Waals surface area (Å²) in [6.07, 6.45) is 0. The van der Waals surface area contributed by atoms with E-state index in [9.17, 15) is 4.79 Å². The monoisotopic (exact) mass is 318 g/mol. The maximum absolute atomic E-state index is 12.8. The number of rotatable bonds is 5. The minimum Gasteiger partial charge on any atom is -0.496 e. The number of carbonyl (C=O) groups excluding carboxylic acids is 1. The Kier molecular flexibility index (Phi) is 5.82. The fraction of sp³-hybridized carbons (Fsp3) is 0.632. The number of nitrogens with one attached hydrogen (secondary N) is 1. The van der Waals surface area contributed by atoms with Crippen LogP contribution in [-0.4, -0.2) is 50.5 Å². The number of hydrogen-bond donors (Lipinski definition) is 1. The summed E-state index contributed by atoms with van der Waals surface area (Å²) in [6.45, 7) is 13.4. The molecule has 0 aliphatic carbocycles. The summed E-state index contributed by atoms with van der Waals surface area (Å²) in [5.41, 5.74) is 1.82. The van der Waals surface area contributed by atoms with Gasteiger partial charge in [-0.15, -0.1) is 0 Å². The van der Waals surface area contributed by atoms with Gasteiger partial charge in [-0.05, 0) is 23.6 Å². The molecule has 0 radical (unpaired) electrons. The molecule has 1 aromatic carbocycles. The molecule has 0 saturated carbocycles. The number of benzene rings is 1. The topological polar surface area (TPSA) is 41.6 Å². The molecule has 1 aromatic rings. The number of ether oxygens (including phenoxy) is 1. The second-order valence-corrected chi connectivity index (χ2v) is 7.48. The summed E-state index contributed by atoms with van der Waals surface area (Å²) < 4.78 is 5.46. The Labute approximate surface area is 140 Å². The van der Waals surface area contributed by atoms with Gasteiger partial charge in [0.25, 0.3) is 0 Å². The van der Waals surface area contributed by atoms with Crippen molar-refractivity contribution in [3.05, 3.63) is 29.3 Å². The molecule has 0 aromatic heterocycles. The van der Waals surface area contributed by atoms with Gasteiger partial charge in [0.1, 0.15) is 5.75 Å². The first kappa shape index (κ1) is 18.0. The van der Waals surface area contributed by atoms with Gasteiger partial charge in [0.2, 0.25) is 0 Å². The van der Waals surface area contributed by atoms with Crippen LogP contribution in [0, 0.1) is 5.92 Å². The van der Waals surface area contributed by atoms with E-state index in [4.69, 9.17) is 4.74 Å². The minimum absolute atomic E-state index is 0.00862. The molecule has 0 amide bonds. The van der Waals surface area contributed by atoms with E-state index in [0.29, 0.717) is 0 Å². The lowest BCUT2D eigenvalue weighted by molar-refractivity contribution is 0.0887. The van der Waals surface area contributed by atoms with E-state index in [1.807, 2.05) is 25.1 Å². The van der Waals surface area contributed by atoms with Gasteiger partial charge in [0, 0.05) is 49.8 Å². The van der Waals surface area contributed by atoms with E-state index in [1.165, 1.54) is 0 Å². The zero-order valence-electron chi connectivity index (χ0n) is 15.1. The highest BCUT2D eigenvalue weighted by atomic mass is 16.5. The van der Waals surface area contributed by atoms with Crippen LogP contribution in [0.1, 0.15) is 43.6 Å². The van der Waals surface area contributed by atoms with Gasteiger partial charge in [0.15, 0.2) is 5.78 Å². The molecule has 4 heteroatoms. The van der Waals surface area contributed by atoms with Gasteiger partial charge in [-0.3, -0.25) is 4.79 Å². The number of piperazine rings is 1. The van der Waals surface area contributed by atoms with Gasteiger partial charge >= 0.3 is 0 Å². The van der Waals surface area contributed by atoms with Crippen molar-refractivity contribution in [1.82, 2.24) is 10.2 Å². The van der Waals surface area contributed by atoms with Crippen molar-refractivity contribution in [3.8, 4) is 5.75 Å². The summed E-state index contributed by atoms with van der Waals surface area (Å²) in [7, 11) is 1.68. The molecule has 1 aliphatic heterocycles. The number of methoxy groups -OCH3 is 1. The highest BCUT2D eigenvalue weighted by Gasteiger charge is 2.24. The molecule has 23 heavy (non-hydrogen) atoms. The Bertz CT molecular complexity index is 543. The van der Waals surface area contributed by atoms with Crippen molar-refractivity contribution in [2.75, 3.05) is 39.8 Å². The van der Waals surface area contributed by atoms with Crippen molar-refractivity contribution in [1.29, 1.82) is 0 Å². The first-order valence-electron chi connectivity index (χ1n) is 8.48. The van der Waals surface area contributed by atoms with Crippen LogP contribution < -0.4 is 10.1 Å². The average Bonchev–Trinajstić information content (AvgIpc) is 2.53. The van der Waals surface area contributed by atoms with Gasteiger partial charge in [-0.25, -0.2) is 0 Å². The number of hydrogen-bond acceptors (Lipinski definition) is 4. The van der Waals surface area contributed by atoms with Gasteiger partial charge in [-0.1, -0.05) is 27.7 Å². The van der Waals surface area contributed by atoms with Gasteiger partial charge in [-0.2, -0.15) is 0 Å². The number of carbonyl (C=O) groups is 1. The Morgan fingerprint density at radius 2 is 1.96 bits per heavy atom. The Morgan fingerprint density at radius 1 is 1.30 bits per heavy atom. The summed E-state index contributed by atoms with van der Waals surface area (Å²) in [5, 5.41) is 3.35. The lowest BCUT2D eigenvalue weighted by Gasteiger charge is -2.29. The highest BCUT2D eigenvalue weighted by molar-refractivity contribution is 5.98. The molecule has 1 heterocycles. The Morgan fingerprint density at radius 3 is 2.52 bits per heavy atom. The van der Waals surface area contributed by atoms with E-state index < -0.39 is 0 Å². The van der Waals surface area contributed by atoms with Crippen molar-refractivity contribution < 1.29 is 9.53 Å². The number of Topliss-reactive ketones (excluding diaryl/α,β-unsaturated/α-hetero) is 1. The first-order valence-corrected chi connectivity index (χ1v) is 8.48. The predicted molar refractivity (Wildman–Crippen MR) is 94.5 cm³/mol. The molecule has 1 unspecified atom stereocenters. The summed E-state index contributed by atoms with van der Waals surface area (Å²) >= 11 is 0. The second-order valence-electron chi connectivity index (χ2n) is 7.48. The van der Waals surface area contributed by atoms with Crippen LogP contribution in [0.25, 0.3) is 0 Å². The second kappa shape index (κ2) is 7.45. The zero-order valence-corrected chi connectivity index (χ0v) is 15.1. The lowest BCUT2D eigenvalue weighted by Crippen LogP contribution is -2.45. The standard InChI is InChI=1S/C19H30N2O2/c1-14(13-21-10-8-20-9-11-21)18(22)15-6-7-17(23-5)16(12-15)19(2,3)4/h6-7,12,14,20H,8-11,13H2,1-5H3. The molecule has 0 bridgehead atoms. The maximum Gasteiger partial charge on any atom is 0.166 e. The lowest BCUT2D eigenvalue weighted by atomic mass is 9.84. The van der Waals surface area contributed by atoms with E-state index in [1.54, 1.807) is 7.11 Å². The van der Waals surface area contributed by atoms with Crippen molar-refractivity contribution in [3.63, 3.8) is 0 Å². The quantitative estimate of drug-likeness (QED) is 0.848. The largest absolute Gasteiger partial charge is 0.496 e. The average molecular weight is 318 g/mol. The van der Waals surface area contributed by atoms with Gasteiger partial charge < -0.3 is 15.0 Å². The third-order valence-electron chi connectivity index (χ3n) is 4.48. The number of nitrogens with zero attached hydrogens (tertiary/aromatic N) is 1. The molecule has 1 saturated heterocycles. The molecule has 1 fully saturated rings. The molecular weight excluding hydrogens is 288 g/mol. The van der Waals surface area contributed by atoms with Crippen LogP contribution in [0.15, 0.2) is 18.2 Å². The Balaban J connectivity index is 2.15. The number of ketones is 1. The molecule has 128 valence electrons. The SMILES string of the molecule is COc1ccc(C(=O)C(C)CN2CCNCC2)cc1C(C)(C)C. The van der Waals surface area contributed by atoms with E-state index in [-0.39, 0.29) is 17.1 Å². The zero-order chi connectivity index (χ0) is 17.0. The maximum atomic E-state index is 12.8. The summed E-state index contributed by atoms with van der Waals surface area (Å²) in [5.74, 6) is 1.08. The van der Waals surface area contributed by atoms with Crippen LogP contribution in [0.2, 0.25) is 0 Å².